The third-order valence-electron chi connectivity index (χ3n) is 7.29. The molecule has 2 aliphatic heterocycles. The summed E-state index contributed by atoms with van der Waals surface area (Å²) in [5.74, 6) is 0.147. The minimum absolute atomic E-state index is 0.179. The Labute approximate surface area is 215 Å². The Morgan fingerprint density at radius 1 is 0.892 bits per heavy atom. The predicted molar refractivity (Wildman–Crippen MR) is 139 cm³/mol. The molecule has 0 bridgehead atoms. The van der Waals surface area contributed by atoms with Crippen molar-refractivity contribution in [2.75, 3.05) is 26.2 Å². The van der Waals surface area contributed by atoms with Crippen LogP contribution in [0.15, 0.2) is 72.8 Å². The molecule has 5 rings (SSSR count). The van der Waals surface area contributed by atoms with Crippen LogP contribution in [0.25, 0.3) is 6.08 Å². The summed E-state index contributed by atoms with van der Waals surface area (Å²) in [7, 11) is 4.52. The van der Waals surface area contributed by atoms with Gasteiger partial charge in [0.15, 0.2) is 22.7 Å². The number of methoxy groups -OCH3 is 3. The molecule has 0 aromatic heterocycles. The summed E-state index contributed by atoms with van der Waals surface area (Å²) in [5.41, 5.74) is 1.22. The van der Waals surface area contributed by atoms with E-state index in [4.69, 9.17) is 14.2 Å². The van der Waals surface area contributed by atoms with Crippen molar-refractivity contribution in [3.05, 3.63) is 89.5 Å². The Morgan fingerprint density at radius 3 is 2.11 bits per heavy atom. The molecule has 7 nitrogen and oxygen atoms in total. The van der Waals surface area contributed by atoms with Gasteiger partial charge in [-0.25, -0.2) is 0 Å². The number of fused-ring (bicyclic) bond motifs is 3. The van der Waals surface area contributed by atoms with E-state index in [0.717, 1.165) is 11.3 Å². The lowest BCUT2D eigenvalue weighted by atomic mass is 9.69. The number of anilines is 1. The van der Waals surface area contributed by atoms with Crippen LogP contribution in [-0.4, -0.2) is 39.2 Å². The van der Waals surface area contributed by atoms with Gasteiger partial charge in [-0.15, -0.1) is 0 Å². The number of hydrogen-bond donors (Lipinski definition) is 0. The Bertz CT molecular complexity index is 1430. The third kappa shape index (κ3) is 3.51. The van der Waals surface area contributed by atoms with Gasteiger partial charge in [-0.3, -0.25) is 4.79 Å². The van der Waals surface area contributed by atoms with Crippen LogP contribution in [0.2, 0.25) is 0 Å². The number of carbonyl (C=O) groups is 1. The fraction of sp³-hybridized carbons (Fsp3) is 0.233. The second-order valence-electron chi connectivity index (χ2n) is 8.97. The second kappa shape index (κ2) is 9.37. The lowest BCUT2D eigenvalue weighted by Crippen LogP contribution is -2.44. The minimum atomic E-state index is -1.58. The van der Waals surface area contributed by atoms with Crippen molar-refractivity contribution in [2.45, 2.75) is 18.0 Å². The molecular weight excluding hydrogens is 466 g/mol. The van der Waals surface area contributed by atoms with E-state index >= 15 is 0 Å². The fourth-order valence-corrected chi connectivity index (χ4v) is 5.66. The summed E-state index contributed by atoms with van der Waals surface area (Å²) in [6.07, 6.45) is 3.78. The second-order valence-corrected chi connectivity index (χ2v) is 8.97. The average Bonchev–Trinajstić information content (AvgIpc) is 3.27. The van der Waals surface area contributed by atoms with Gasteiger partial charge < -0.3 is 19.1 Å². The lowest BCUT2D eigenvalue weighted by Gasteiger charge is -2.35. The highest BCUT2D eigenvalue weighted by Gasteiger charge is 2.63. The number of ether oxygens (including phenoxy) is 3. The van der Waals surface area contributed by atoms with E-state index in [1.54, 1.807) is 36.4 Å². The molecule has 0 amide bonds. The summed E-state index contributed by atoms with van der Waals surface area (Å²) >= 11 is 0. The largest absolute Gasteiger partial charge is 0.493 e. The Hall–Kier alpha value is -4.75. The molecule has 184 valence electrons. The molecule has 0 unspecified atom stereocenters. The molecule has 0 N–H and O–H groups in total. The smallest absolute Gasteiger partial charge is 0.203 e. The topological polar surface area (TPSA) is 95.6 Å². The van der Waals surface area contributed by atoms with E-state index in [2.05, 4.69) is 12.1 Å². The van der Waals surface area contributed by atoms with Gasteiger partial charge in [-0.1, -0.05) is 60.7 Å². The summed E-state index contributed by atoms with van der Waals surface area (Å²) in [6.45, 7) is 0. The third-order valence-corrected chi connectivity index (χ3v) is 7.29. The van der Waals surface area contributed by atoms with E-state index in [1.165, 1.54) is 21.3 Å². The molecule has 3 aromatic carbocycles. The van der Waals surface area contributed by atoms with E-state index in [0.29, 0.717) is 28.4 Å². The first-order valence-corrected chi connectivity index (χ1v) is 11.8. The first kappa shape index (κ1) is 24.0. The monoisotopic (exact) mass is 491 g/mol. The summed E-state index contributed by atoms with van der Waals surface area (Å²) in [4.78, 5) is 16.2. The molecule has 3 aromatic rings. The summed E-state index contributed by atoms with van der Waals surface area (Å²) in [5, 5.41) is 21.3. The highest BCUT2D eigenvalue weighted by molar-refractivity contribution is 6.04. The van der Waals surface area contributed by atoms with Gasteiger partial charge in [0.1, 0.15) is 6.04 Å². The Balaban J connectivity index is 1.82. The molecule has 1 saturated heterocycles. The van der Waals surface area contributed by atoms with Crippen LogP contribution in [0.5, 0.6) is 17.2 Å². The van der Waals surface area contributed by atoms with Crippen molar-refractivity contribution in [1.29, 1.82) is 10.5 Å². The van der Waals surface area contributed by atoms with Gasteiger partial charge in [0.05, 0.1) is 39.5 Å². The van der Waals surface area contributed by atoms with E-state index in [9.17, 15) is 15.3 Å². The highest BCUT2D eigenvalue weighted by atomic mass is 16.5. The molecule has 0 aliphatic carbocycles. The van der Waals surface area contributed by atoms with Crippen molar-refractivity contribution in [3.8, 4) is 29.4 Å². The number of Topliss-reactive ketones (excluding diaryl/α,β-unsaturated/α-hetero) is 1. The number of nitrogens with zero attached hydrogens (tertiary/aromatic N) is 3. The zero-order valence-electron chi connectivity index (χ0n) is 20.7. The average molecular weight is 492 g/mol. The molecule has 0 spiro atoms. The lowest BCUT2D eigenvalue weighted by molar-refractivity contribution is 0.0950. The molecule has 2 heterocycles. The maximum absolute atomic E-state index is 14.3. The normalized spacial score (nSPS) is 20.7. The van der Waals surface area contributed by atoms with Crippen LogP contribution >= 0.6 is 0 Å². The Morgan fingerprint density at radius 2 is 1.51 bits per heavy atom. The highest BCUT2D eigenvalue weighted by Crippen LogP contribution is 2.57. The number of rotatable bonds is 6. The molecule has 0 saturated carbocycles. The van der Waals surface area contributed by atoms with E-state index < -0.39 is 23.4 Å². The molecule has 37 heavy (non-hydrogen) atoms. The van der Waals surface area contributed by atoms with Crippen LogP contribution in [0.1, 0.15) is 27.4 Å². The first-order valence-electron chi connectivity index (χ1n) is 11.8. The Kier molecular flexibility index (Phi) is 6.07. The van der Waals surface area contributed by atoms with Crippen molar-refractivity contribution in [2.24, 2.45) is 5.41 Å². The molecule has 3 atom stereocenters. The van der Waals surface area contributed by atoms with Crippen LogP contribution in [-0.2, 0) is 0 Å². The van der Waals surface area contributed by atoms with Crippen LogP contribution in [0.3, 0.4) is 0 Å². The molecule has 2 aliphatic rings. The minimum Gasteiger partial charge on any atom is -0.493 e. The standard InChI is InChI=1S/C30H25N3O4/c1-35-23-15-21(16-24(36-2)29(23)37-3)26-27(28(34)20-10-5-4-6-11-20)33-22-12-8-7-9-19(22)13-14-25(33)30(26,17-31)18-32/h4-16,25-27H,1-3H3/t25-,26-,27+/m1/s1. The van der Waals surface area contributed by atoms with Crippen molar-refractivity contribution in [3.63, 3.8) is 0 Å². The van der Waals surface area contributed by atoms with E-state index in [-0.39, 0.29) is 5.78 Å². The van der Waals surface area contributed by atoms with Crippen LogP contribution in [0, 0.1) is 28.1 Å². The molecule has 1 fully saturated rings. The maximum Gasteiger partial charge on any atom is 0.203 e. The maximum atomic E-state index is 14.3. The van der Waals surface area contributed by atoms with Crippen molar-refractivity contribution < 1.29 is 19.0 Å². The molecular formula is C30H25N3O4. The van der Waals surface area contributed by atoms with Crippen LogP contribution < -0.4 is 19.1 Å². The number of ketones is 1. The fourth-order valence-electron chi connectivity index (χ4n) is 5.66. The van der Waals surface area contributed by atoms with Crippen LogP contribution in [0.4, 0.5) is 5.69 Å². The SMILES string of the molecule is COc1cc([C@@H]2[C@@H](C(=O)c3ccccc3)N3c4ccccc4C=C[C@@H]3C2(C#N)C#N)cc(OC)c1OC. The van der Waals surface area contributed by atoms with Crippen molar-refractivity contribution in [1.82, 2.24) is 0 Å². The van der Waals surface area contributed by atoms with Crippen molar-refractivity contribution >= 4 is 17.5 Å². The van der Waals surface area contributed by atoms with Gasteiger partial charge in [-0.2, -0.15) is 10.5 Å². The van der Waals surface area contributed by atoms with Gasteiger partial charge in [-0.05, 0) is 29.3 Å². The van der Waals surface area contributed by atoms with Gasteiger partial charge in [0, 0.05) is 17.2 Å². The number of carbonyl (C=O) groups excluding carboxylic acids is 1. The van der Waals surface area contributed by atoms with Gasteiger partial charge in [0.25, 0.3) is 0 Å². The predicted octanol–water partition coefficient (Wildman–Crippen LogP) is 5.00. The summed E-state index contributed by atoms with van der Waals surface area (Å²) < 4.78 is 16.7. The van der Waals surface area contributed by atoms with E-state index in [1.807, 2.05) is 47.4 Å². The molecule has 0 radical (unpaired) electrons. The zero-order chi connectivity index (χ0) is 26.2. The number of benzene rings is 3. The quantitative estimate of drug-likeness (QED) is 0.448. The van der Waals surface area contributed by atoms with Gasteiger partial charge in [0.2, 0.25) is 5.75 Å². The van der Waals surface area contributed by atoms with Gasteiger partial charge >= 0.3 is 0 Å². The zero-order valence-corrected chi connectivity index (χ0v) is 20.7. The number of para-hydroxylation sites is 1. The number of hydrogen-bond acceptors (Lipinski definition) is 7. The molecule has 7 heteroatoms. The summed E-state index contributed by atoms with van der Waals surface area (Å²) in [6, 6.07) is 23.3. The number of nitriles is 2. The first-order chi connectivity index (χ1) is 18.0.